The Balaban J connectivity index is 3.13. The molecule has 118 valence electrons. The fourth-order valence-electron chi connectivity index (χ4n) is 1.80. The van der Waals surface area contributed by atoms with E-state index < -0.39 is 37.1 Å². The number of benzene rings is 1. The first kappa shape index (κ1) is 17.8. The Bertz CT molecular complexity index is 635. The van der Waals surface area contributed by atoms with Crippen LogP contribution in [0.3, 0.4) is 0 Å². The molecule has 1 rings (SSSR count). The SMILES string of the molecule is CCCCCN(C)C(=O)c1cc(F)cc(S(=O)(=O)Cl)c1F. The smallest absolute Gasteiger partial charge is 0.264 e. The van der Waals surface area contributed by atoms with Gasteiger partial charge in [0.1, 0.15) is 10.7 Å². The lowest BCUT2D eigenvalue weighted by atomic mass is 10.1. The molecular formula is C13H16ClF2NO3S. The minimum absolute atomic E-state index is 0.367. The van der Waals surface area contributed by atoms with E-state index in [1.807, 2.05) is 6.92 Å². The summed E-state index contributed by atoms with van der Waals surface area (Å²) in [5.74, 6) is -3.16. The minimum atomic E-state index is -4.47. The highest BCUT2D eigenvalue weighted by Crippen LogP contribution is 2.24. The molecule has 0 saturated carbocycles. The number of halogens is 3. The summed E-state index contributed by atoms with van der Waals surface area (Å²) < 4.78 is 49.9. The van der Waals surface area contributed by atoms with Gasteiger partial charge in [0.15, 0.2) is 5.82 Å². The first-order valence-electron chi connectivity index (χ1n) is 6.37. The number of carbonyl (C=O) groups is 1. The van der Waals surface area contributed by atoms with Gasteiger partial charge in [-0.3, -0.25) is 4.79 Å². The second kappa shape index (κ2) is 7.17. The Morgan fingerprint density at radius 1 is 1.29 bits per heavy atom. The molecule has 0 aliphatic rings. The van der Waals surface area contributed by atoms with Gasteiger partial charge in [-0.05, 0) is 18.6 Å². The number of unbranched alkanes of at least 4 members (excludes halogenated alkanes) is 2. The number of nitrogens with zero attached hydrogens (tertiary/aromatic N) is 1. The van der Waals surface area contributed by atoms with Crippen molar-refractivity contribution in [3.63, 3.8) is 0 Å². The van der Waals surface area contributed by atoms with Gasteiger partial charge in [-0.25, -0.2) is 17.2 Å². The van der Waals surface area contributed by atoms with Crippen LogP contribution in [-0.2, 0) is 9.05 Å². The van der Waals surface area contributed by atoms with Crippen LogP contribution in [0.15, 0.2) is 17.0 Å². The summed E-state index contributed by atoms with van der Waals surface area (Å²) in [7, 11) is 2.00. The summed E-state index contributed by atoms with van der Waals surface area (Å²) in [5, 5.41) is 0. The largest absolute Gasteiger partial charge is 0.342 e. The van der Waals surface area contributed by atoms with E-state index in [1.54, 1.807) is 0 Å². The van der Waals surface area contributed by atoms with Crippen molar-refractivity contribution in [2.75, 3.05) is 13.6 Å². The highest BCUT2D eigenvalue weighted by Gasteiger charge is 2.25. The van der Waals surface area contributed by atoms with E-state index in [9.17, 15) is 22.0 Å². The molecule has 0 heterocycles. The van der Waals surface area contributed by atoms with Gasteiger partial charge in [-0.15, -0.1) is 0 Å². The van der Waals surface area contributed by atoms with Crippen molar-refractivity contribution in [1.29, 1.82) is 0 Å². The van der Waals surface area contributed by atoms with Crippen LogP contribution in [0.4, 0.5) is 8.78 Å². The van der Waals surface area contributed by atoms with Crippen LogP contribution in [0.2, 0.25) is 0 Å². The highest BCUT2D eigenvalue weighted by molar-refractivity contribution is 8.13. The maximum atomic E-state index is 14.1. The molecule has 1 aromatic carbocycles. The van der Waals surface area contributed by atoms with E-state index in [-0.39, 0.29) is 0 Å². The fraction of sp³-hybridized carbons (Fsp3) is 0.462. The summed E-state index contributed by atoms with van der Waals surface area (Å²) in [6.07, 6.45) is 2.56. The van der Waals surface area contributed by atoms with E-state index in [2.05, 4.69) is 0 Å². The normalized spacial score (nSPS) is 11.5. The zero-order valence-electron chi connectivity index (χ0n) is 11.7. The van der Waals surface area contributed by atoms with Gasteiger partial charge in [0.05, 0.1) is 5.56 Å². The third kappa shape index (κ3) is 4.64. The second-order valence-electron chi connectivity index (χ2n) is 4.64. The number of carbonyl (C=O) groups excluding carboxylic acids is 1. The number of amides is 1. The van der Waals surface area contributed by atoms with Crippen molar-refractivity contribution in [3.8, 4) is 0 Å². The lowest BCUT2D eigenvalue weighted by Crippen LogP contribution is -2.29. The summed E-state index contributed by atoms with van der Waals surface area (Å²) >= 11 is 0. The lowest BCUT2D eigenvalue weighted by molar-refractivity contribution is 0.0787. The summed E-state index contributed by atoms with van der Waals surface area (Å²) in [6.45, 7) is 2.36. The van der Waals surface area contributed by atoms with Gasteiger partial charge < -0.3 is 4.90 Å². The Morgan fingerprint density at radius 2 is 1.90 bits per heavy atom. The Hall–Kier alpha value is -1.21. The average molecular weight is 340 g/mol. The monoisotopic (exact) mass is 339 g/mol. The molecule has 0 bridgehead atoms. The average Bonchev–Trinajstić information content (AvgIpc) is 2.39. The minimum Gasteiger partial charge on any atom is -0.342 e. The molecule has 8 heteroatoms. The van der Waals surface area contributed by atoms with Crippen LogP contribution in [-0.4, -0.2) is 32.8 Å². The molecule has 1 amide bonds. The van der Waals surface area contributed by atoms with Gasteiger partial charge in [0, 0.05) is 24.3 Å². The van der Waals surface area contributed by atoms with Gasteiger partial charge in [-0.2, -0.15) is 0 Å². The van der Waals surface area contributed by atoms with Crippen molar-refractivity contribution in [2.45, 2.75) is 31.1 Å². The van der Waals surface area contributed by atoms with Gasteiger partial charge >= 0.3 is 0 Å². The first-order chi connectivity index (χ1) is 9.68. The Morgan fingerprint density at radius 3 is 2.43 bits per heavy atom. The van der Waals surface area contributed by atoms with Crippen molar-refractivity contribution >= 4 is 25.6 Å². The molecule has 0 unspecified atom stereocenters. The third-order valence-corrected chi connectivity index (χ3v) is 4.26. The molecule has 0 fully saturated rings. The van der Waals surface area contributed by atoms with Crippen LogP contribution in [0, 0.1) is 11.6 Å². The predicted molar refractivity (Wildman–Crippen MR) is 75.9 cm³/mol. The van der Waals surface area contributed by atoms with Crippen LogP contribution in [0.5, 0.6) is 0 Å². The second-order valence-corrected chi connectivity index (χ2v) is 7.17. The van der Waals surface area contributed by atoms with Crippen LogP contribution in [0.1, 0.15) is 36.5 Å². The van der Waals surface area contributed by atoms with Gasteiger partial charge in [0.2, 0.25) is 0 Å². The molecule has 0 aromatic heterocycles. The quantitative estimate of drug-likeness (QED) is 0.591. The molecule has 0 atom stereocenters. The Labute approximate surface area is 127 Å². The zero-order valence-corrected chi connectivity index (χ0v) is 13.3. The Kier molecular flexibility index (Phi) is 6.10. The predicted octanol–water partition coefficient (Wildman–Crippen LogP) is 3.15. The van der Waals surface area contributed by atoms with Crippen molar-refractivity contribution < 1.29 is 22.0 Å². The van der Waals surface area contributed by atoms with Crippen LogP contribution in [0.25, 0.3) is 0 Å². The molecule has 0 aliphatic carbocycles. The van der Waals surface area contributed by atoms with Crippen molar-refractivity contribution in [1.82, 2.24) is 4.90 Å². The van der Waals surface area contributed by atoms with Crippen molar-refractivity contribution in [2.24, 2.45) is 0 Å². The van der Waals surface area contributed by atoms with E-state index in [0.29, 0.717) is 18.7 Å². The molecule has 0 N–H and O–H groups in total. The highest BCUT2D eigenvalue weighted by atomic mass is 35.7. The molecule has 1 aromatic rings. The van der Waals surface area contributed by atoms with E-state index in [0.717, 1.165) is 19.3 Å². The summed E-state index contributed by atoms with van der Waals surface area (Å²) in [4.78, 5) is 12.3. The summed E-state index contributed by atoms with van der Waals surface area (Å²) in [6, 6.07) is 1.12. The van der Waals surface area contributed by atoms with E-state index in [1.165, 1.54) is 11.9 Å². The number of hydrogen-bond acceptors (Lipinski definition) is 3. The maximum Gasteiger partial charge on any atom is 0.264 e. The number of hydrogen-bond donors (Lipinski definition) is 0. The number of rotatable bonds is 6. The molecule has 4 nitrogen and oxygen atoms in total. The third-order valence-electron chi connectivity index (χ3n) is 2.94. The fourth-order valence-corrected chi connectivity index (χ4v) is 2.72. The van der Waals surface area contributed by atoms with Crippen LogP contribution >= 0.6 is 10.7 Å². The molecule has 0 spiro atoms. The van der Waals surface area contributed by atoms with Gasteiger partial charge in [-0.1, -0.05) is 19.8 Å². The first-order valence-corrected chi connectivity index (χ1v) is 8.68. The standard InChI is InChI=1S/C13H16ClF2NO3S/c1-3-4-5-6-17(2)13(18)10-7-9(15)8-11(12(10)16)21(14,19)20/h7-8H,3-6H2,1-2H3. The van der Waals surface area contributed by atoms with Crippen LogP contribution < -0.4 is 0 Å². The molecule has 21 heavy (non-hydrogen) atoms. The maximum absolute atomic E-state index is 14.1. The molecule has 0 aliphatic heterocycles. The molecular weight excluding hydrogens is 324 g/mol. The summed E-state index contributed by atoms with van der Waals surface area (Å²) in [5.41, 5.74) is -0.645. The van der Waals surface area contributed by atoms with E-state index in [4.69, 9.17) is 10.7 Å². The van der Waals surface area contributed by atoms with Gasteiger partial charge in [0.25, 0.3) is 15.0 Å². The van der Waals surface area contributed by atoms with E-state index >= 15 is 0 Å². The van der Waals surface area contributed by atoms with Crippen molar-refractivity contribution in [3.05, 3.63) is 29.3 Å². The molecule has 0 saturated heterocycles. The molecule has 0 radical (unpaired) electrons. The zero-order chi connectivity index (χ0) is 16.2. The topological polar surface area (TPSA) is 54.5 Å². The lowest BCUT2D eigenvalue weighted by Gasteiger charge is -2.18.